The summed E-state index contributed by atoms with van der Waals surface area (Å²) in [5.74, 6) is 0. The molecule has 2 N–H and O–H groups in total. The molecule has 2 aromatic rings. The van der Waals surface area contributed by atoms with Gasteiger partial charge in [0.05, 0.1) is 11.5 Å². The molecular formula is C18H22N2O4S. The Labute approximate surface area is 148 Å². The molecule has 0 spiro atoms. The van der Waals surface area contributed by atoms with Crippen molar-refractivity contribution >= 4 is 21.8 Å². The van der Waals surface area contributed by atoms with Gasteiger partial charge in [0.2, 0.25) is 0 Å². The molecule has 0 saturated heterocycles. The summed E-state index contributed by atoms with van der Waals surface area (Å²) in [7, 11) is -3.72. The van der Waals surface area contributed by atoms with Crippen molar-refractivity contribution in [2.24, 2.45) is 0 Å². The normalized spacial score (nSPS) is 11.1. The molecule has 6 nitrogen and oxygen atoms in total. The first-order valence-corrected chi connectivity index (χ1v) is 9.44. The minimum absolute atomic E-state index is 0.0815. The summed E-state index contributed by atoms with van der Waals surface area (Å²) in [5, 5.41) is 5.42. The van der Waals surface area contributed by atoms with Crippen molar-refractivity contribution < 1.29 is 17.4 Å². The summed E-state index contributed by atoms with van der Waals surface area (Å²) in [6, 6.07) is 15.3. The molecule has 0 fully saturated rings. The number of urea groups is 1. The van der Waals surface area contributed by atoms with Crippen molar-refractivity contribution in [2.45, 2.75) is 24.7 Å². The van der Waals surface area contributed by atoms with Crippen molar-refractivity contribution in [3.8, 4) is 0 Å². The Bertz CT molecular complexity index is 774. The number of unbranched alkanes of at least 4 members (excludes halogenated alkanes) is 1. The second-order valence-electron chi connectivity index (χ2n) is 5.54. The number of aryl methyl sites for hydroxylation is 1. The quantitative estimate of drug-likeness (QED) is 0.557. The van der Waals surface area contributed by atoms with Crippen LogP contribution in [0.4, 0.5) is 10.5 Å². The Balaban J connectivity index is 1.63. The van der Waals surface area contributed by atoms with Gasteiger partial charge in [-0.25, -0.2) is 4.79 Å². The topological polar surface area (TPSA) is 84.5 Å². The average molecular weight is 362 g/mol. The van der Waals surface area contributed by atoms with Gasteiger partial charge < -0.3 is 10.6 Å². The van der Waals surface area contributed by atoms with E-state index in [1.54, 1.807) is 24.3 Å². The molecule has 0 aromatic heterocycles. The third-order valence-electron chi connectivity index (χ3n) is 3.44. The monoisotopic (exact) mass is 362 g/mol. The highest BCUT2D eigenvalue weighted by Crippen LogP contribution is 2.13. The zero-order valence-electron chi connectivity index (χ0n) is 14.1. The summed E-state index contributed by atoms with van der Waals surface area (Å²) >= 11 is 0. The standard InChI is InChI=1S/C18H22N2O4S/c1-15-9-11-17(12-10-15)25(22,23)24-14-6-5-13-19-18(21)20-16-7-3-2-4-8-16/h2-4,7-12H,5-6,13-14H2,1H3,(H2,19,20,21). The molecule has 134 valence electrons. The SMILES string of the molecule is Cc1ccc(S(=O)(=O)OCCCCNC(=O)Nc2ccccc2)cc1. The fraction of sp³-hybridized carbons (Fsp3) is 0.278. The van der Waals surface area contributed by atoms with Gasteiger partial charge in [0, 0.05) is 12.2 Å². The Morgan fingerprint density at radius 3 is 2.36 bits per heavy atom. The number of rotatable bonds is 8. The maximum absolute atomic E-state index is 12.0. The van der Waals surface area contributed by atoms with Crippen LogP contribution < -0.4 is 10.6 Å². The number of carbonyl (C=O) groups excluding carboxylic acids is 1. The average Bonchev–Trinajstić information content (AvgIpc) is 2.59. The number of nitrogens with one attached hydrogen (secondary N) is 2. The lowest BCUT2D eigenvalue weighted by molar-refractivity contribution is 0.251. The summed E-state index contributed by atoms with van der Waals surface area (Å²) in [6.45, 7) is 2.41. The predicted octanol–water partition coefficient (Wildman–Crippen LogP) is 3.30. The first kappa shape index (κ1) is 19.0. The third kappa shape index (κ3) is 6.56. The van der Waals surface area contributed by atoms with Gasteiger partial charge >= 0.3 is 6.03 Å². The minimum Gasteiger partial charge on any atom is -0.338 e. The lowest BCUT2D eigenvalue weighted by Gasteiger charge is -2.08. The summed E-state index contributed by atoms with van der Waals surface area (Å²) in [4.78, 5) is 11.8. The van der Waals surface area contributed by atoms with Crippen LogP contribution in [0.15, 0.2) is 59.5 Å². The minimum atomic E-state index is -3.72. The lowest BCUT2D eigenvalue weighted by atomic mass is 10.2. The maximum Gasteiger partial charge on any atom is 0.319 e. The van der Waals surface area contributed by atoms with Crippen LogP contribution in [0.2, 0.25) is 0 Å². The van der Waals surface area contributed by atoms with Gasteiger partial charge in [0.15, 0.2) is 0 Å². The van der Waals surface area contributed by atoms with Crippen LogP contribution in [-0.2, 0) is 14.3 Å². The van der Waals surface area contributed by atoms with E-state index in [2.05, 4.69) is 10.6 Å². The van der Waals surface area contributed by atoms with E-state index in [9.17, 15) is 13.2 Å². The number of amides is 2. The second-order valence-corrected chi connectivity index (χ2v) is 7.16. The smallest absolute Gasteiger partial charge is 0.319 e. The van der Waals surface area contributed by atoms with E-state index >= 15 is 0 Å². The molecule has 2 amide bonds. The summed E-state index contributed by atoms with van der Waals surface area (Å²) in [5.41, 5.74) is 1.70. The highest BCUT2D eigenvalue weighted by Gasteiger charge is 2.14. The predicted molar refractivity (Wildman–Crippen MR) is 97.0 cm³/mol. The van der Waals surface area contributed by atoms with Gasteiger partial charge in [-0.1, -0.05) is 35.9 Å². The fourth-order valence-electron chi connectivity index (χ4n) is 2.07. The molecule has 0 unspecified atom stereocenters. The Morgan fingerprint density at radius 2 is 1.68 bits per heavy atom. The maximum atomic E-state index is 12.0. The molecule has 0 aliphatic carbocycles. The van der Waals surface area contributed by atoms with E-state index in [0.29, 0.717) is 25.1 Å². The molecule has 2 aromatic carbocycles. The van der Waals surface area contributed by atoms with Crippen LogP contribution in [0.3, 0.4) is 0 Å². The van der Waals surface area contributed by atoms with Gasteiger partial charge in [-0.3, -0.25) is 4.18 Å². The van der Waals surface area contributed by atoms with Crippen LogP contribution in [0.25, 0.3) is 0 Å². The fourth-order valence-corrected chi connectivity index (χ4v) is 3.01. The van der Waals surface area contributed by atoms with E-state index in [-0.39, 0.29) is 17.5 Å². The van der Waals surface area contributed by atoms with Gasteiger partial charge in [0.1, 0.15) is 0 Å². The van der Waals surface area contributed by atoms with E-state index in [1.165, 1.54) is 12.1 Å². The molecule has 0 radical (unpaired) electrons. The van der Waals surface area contributed by atoms with Crippen LogP contribution >= 0.6 is 0 Å². The van der Waals surface area contributed by atoms with Crippen molar-refractivity contribution in [3.05, 3.63) is 60.2 Å². The van der Waals surface area contributed by atoms with Crippen molar-refractivity contribution in [2.75, 3.05) is 18.5 Å². The molecular weight excluding hydrogens is 340 g/mol. The number of hydrogen-bond acceptors (Lipinski definition) is 4. The second kappa shape index (κ2) is 9.19. The Morgan fingerprint density at radius 1 is 1.00 bits per heavy atom. The summed E-state index contributed by atoms with van der Waals surface area (Å²) < 4.78 is 29.0. The van der Waals surface area contributed by atoms with Gasteiger partial charge in [-0.15, -0.1) is 0 Å². The molecule has 2 rings (SSSR count). The van der Waals surface area contributed by atoms with Crippen molar-refractivity contribution in [1.29, 1.82) is 0 Å². The number of benzene rings is 2. The molecule has 0 bridgehead atoms. The van der Waals surface area contributed by atoms with E-state index < -0.39 is 10.1 Å². The van der Waals surface area contributed by atoms with Crippen molar-refractivity contribution in [1.82, 2.24) is 5.32 Å². The van der Waals surface area contributed by atoms with Crippen LogP contribution in [0.1, 0.15) is 18.4 Å². The molecule has 7 heteroatoms. The molecule has 0 aliphatic rings. The summed E-state index contributed by atoms with van der Waals surface area (Å²) in [6.07, 6.45) is 1.14. The lowest BCUT2D eigenvalue weighted by Crippen LogP contribution is -2.29. The number of carbonyl (C=O) groups is 1. The number of para-hydroxylation sites is 1. The third-order valence-corrected chi connectivity index (χ3v) is 4.76. The van der Waals surface area contributed by atoms with Crippen LogP contribution in [0.5, 0.6) is 0 Å². The number of hydrogen-bond donors (Lipinski definition) is 2. The van der Waals surface area contributed by atoms with E-state index in [0.717, 1.165) is 5.56 Å². The zero-order chi connectivity index (χ0) is 18.1. The van der Waals surface area contributed by atoms with Crippen LogP contribution in [-0.4, -0.2) is 27.6 Å². The van der Waals surface area contributed by atoms with E-state index in [1.807, 2.05) is 25.1 Å². The Kier molecular flexibility index (Phi) is 6.97. The van der Waals surface area contributed by atoms with Gasteiger partial charge in [-0.05, 0) is 44.0 Å². The molecule has 0 saturated carbocycles. The van der Waals surface area contributed by atoms with Crippen molar-refractivity contribution in [3.63, 3.8) is 0 Å². The molecule has 0 aliphatic heterocycles. The first-order chi connectivity index (χ1) is 12.0. The highest BCUT2D eigenvalue weighted by molar-refractivity contribution is 7.86. The van der Waals surface area contributed by atoms with Crippen LogP contribution in [0, 0.1) is 6.92 Å². The Hall–Kier alpha value is -2.38. The van der Waals surface area contributed by atoms with Gasteiger partial charge in [-0.2, -0.15) is 8.42 Å². The number of anilines is 1. The van der Waals surface area contributed by atoms with Gasteiger partial charge in [0.25, 0.3) is 10.1 Å². The first-order valence-electron chi connectivity index (χ1n) is 8.03. The molecule has 0 heterocycles. The largest absolute Gasteiger partial charge is 0.338 e. The molecule has 0 atom stereocenters. The highest BCUT2D eigenvalue weighted by atomic mass is 32.2. The van der Waals surface area contributed by atoms with E-state index in [4.69, 9.17) is 4.18 Å². The molecule has 25 heavy (non-hydrogen) atoms. The zero-order valence-corrected chi connectivity index (χ0v) is 14.9.